The van der Waals surface area contributed by atoms with Gasteiger partial charge in [-0.3, -0.25) is 4.79 Å². The SMILES string of the molecule is C=C(C(N)=O)C(O)OCCC1(C)CO1. The van der Waals surface area contributed by atoms with Crippen LogP contribution in [0, 0.1) is 0 Å². The smallest absolute Gasteiger partial charge is 0.249 e. The van der Waals surface area contributed by atoms with Crippen LogP contribution < -0.4 is 5.73 Å². The lowest BCUT2D eigenvalue weighted by atomic mass is 10.1. The van der Waals surface area contributed by atoms with Gasteiger partial charge < -0.3 is 20.3 Å². The Hall–Kier alpha value is -0.910. The van der Waals surface area contributed by atoms with Gasteiger partial charge in [-0.05, 0) is 6.92 Å². The van der Waals surface area contributed by atoms with E-state index in [1.807, 2.05) is 6.92 Å². The molecule has 5 heteroatoms. The van der Waals surface area contributed by atoms with E-state index in [0.717, 1.165) is 0 Å². The summed E-state index contributed by atoms with van der Waals surface area (Å²) in [6.45, 7) is 6.28. The second kappa shape index (κ2) is 4.08. The van der Waals surface area contributed by atoms with Crippen LogP contribution in [0.3, 0.4) is 0 Å². The van der Waals surface area contributed by atoms with Gasteiger partial charge in [0, 0.05) is 6.42 Å². The van der Waals surface area contributed by atoms with Crippen molar-refractivity contribution in [1.29, 1.82) is 0 Å². The molecule has 2 unspecified atom stereocenters. The molecule has 0 aromatic heterocycles. The normalized spacial score (nSPS) is 27.0. The van der Waals surface area contributed by atoms with Gasteiger partial charge in [-0.15, -0.1) is 0 Å². The Morgan fingerprint density at radius 3 is 2.86 bits per heavy atom. The van der Waals surface area contributed by atoms with Crippen LogP contribution >= 0.6 is 0 Å². The highest BCUT2D eigenvalue weighted by atomic mass is 16.6. The molecule has 1 saturated heterocycles. The molecule has 0 bridgehead atoms. The number of nitrogens with two attached hydrogens (primary N) is 1. The zero-order valence-electron chi connectivity index (χ0n) is 8.16. The summed E-state index contributed by atoms with van der Waals surface area (Å²) in [5, 5.41) is 9.24. The molecular weight excluding hydrogens is 186 g/mol. The summed E-state index contributed by atoms with van der Waals surface area (Å²) in [6, 6.07) is 0. The average molecular weight is 201 g/mol. The van der Waals surface area contributed by atoms with E-state index < -0.39 is 12.2 Å². The zero-order valence-corrected chi connectivity index (χ0v) is 8.16. The van der Waals surface area contributed by atoms with E-state index >= 15 is 0 Å². The van der Waals surface area contributed by atoms with Crippen LogP contribution in [0.15, 0.2) is 12.2 Å². The van der Waals surface area contributed by atoms with Crippen molar-refractivity contribution in [2.75, 3.05) is 13.2 Å². The number of primary amides is 1. The maximum atomic E-state index is 10.6. The molecular formula is C9H15NO4. The number of carbonyl (C=O) groups excluding carboxylic acids is 1. The van der Waals surface area contributed by atoms with E-state index in [1.165, 1.54) is 0 Å². The highest BCUT2D eigenvalue weighted by molar-refractivity contribution is 5.91. The summed E-state index contributed by atoms with van der Waals surface area (Å²) < 4.78 is 10.1. The van der Waals surface area contributed by atoms with Crippen molar-refractivity contribution in [1.82, 2.24) is 0 Å². The molecule has 1 heterocycles. The van der Waals surface area contributed by atoms with Crippen molar-refractivity contribution in [2.24, 2.45) is 5.73 Å². The van der Waals surface area contributed by atoms with Gasteiger partial charge in [0.2, 0.25) is 5.91 Å². The maximum absolute atomic E-state index is 10.6. The Morgan fingerprint density at radius 1 is 1.86 bits per heavy atom. The van der Waals surface area contributed by atoms with Crippen LogP contribution in [0.4, 0.5) is 0 Å². The number of hydrogen-bond acceptors (Lipinski definition) is 4. The van der Waals surface area contributed by atoms with E-state index in [2.05, 4.69) is 6.58 Å². The first kappa shape index (κ1) is 11.2. The van der Waals surface area contributed by atoms with Crippen molar-refractivity contribution in [3.8, 4) is 0 Å². The minimum absolute atomic E-state index is 0.117. The van der Waals surface area contributed by atoms with Gasteiger partial charge >= 0.3 is 0 Å². The fraction of sp³-hybridized carbons (Fsp3) is 0.667. The Balaban J connectivity index is 2.17. The lowest BCUT2D eigenvalue weighted by molar-refractivity contribution is -0.122. The monoisotopic (exact) mass is 201 g/mol. The third kappa shape index (κ3) is 3.10. The van der Waals surface area contributed by atoms with Crippen LogP contribution in [-0.4, -0.2) is 36.1 Å². The Labute approximate surface area is 82.5 Å². The predicted octanol–water partition coefficient (Wildman–Crippen LogP) is -0.458. The topological polar surface area (TPSA) is 85.1 Å². The molecule has 2 atom stereocenters. The zero-order chi connectivity index (χ0) is 10.8. The number of hydrogen-bond donors (Lipinski definition) is 2. The van der Waals surface area contributed by atoms with E-state index in [-0.39, 0.29) is 11.2 Å². The summed E-state index contributed by atoms with van der Waals surface area (Å²) in [4.78, 5) is 10.6. The molecule has 1 amide bonds. The molecule has 0 saturated carbocycles. The number of epoxide rings is 1. The number of aliphatic hydroxyl groups is 1. The summed E-state index contributed by atoms with van der Waals surface area (Å²) in [6.07, 6.45) is -0.634. The largest absolute Gasteiger partial charge is 0.370 e. The van der Waals surface area contributed by atoms with Crippen LogP contribution in [0.1, 0.15) is 13.3 Å². The van der Waals surface area contributed by atoms with Crippen LogP contribution in [0.5, 0.6) is 0 Å². The molecule has 5 nitrogen and oxygen atoms in total. The van der Waals surface area contributed by atoms with Crippen LogP contribution in [0.25, 0.3) is 0 Å². The van der Waals surface area contributed by atoms with E-state index in [1.54, 1.807) is 0 Å². The third-order valence-corrected chi connectivity index (χ3v) is 2.16. The van der Waals surface area contributed by atoms with E-state index in [0.29, 0.717) is 19.6 Å². The first-order valence-corrected chi connectivity index (χ1v) is 4.37. The molecule has 1 aliphatic rings. The number of rotatable bonds is 6. The summed E-state index contributed by atoms with van der Waals surface area (Å²) in [5.74, 6) is -0.758. The Kier molecular flexibility index (Phi) is 3.25. The maximum Gasteiger partial charge on any atom is 0.249 e. The molecule has 1 rings (SSSR count). The van der Waals surface area contributed by atoms with Gasteiger partial charge in [0.1, 0.15) is 0 Å². The molecule has 14 heavy (non-hydrogen) atoms. The fourth-order valence-corrected chi connectivity index (χ4v) is 0.876. The van der Waals surface area contributed by atoms with Crippen molar-refractivity contribution < 1.29 is 19.4 Å². The second-order valence-electron chi connectivity index (χ2n) is 3.60. The standard InChI is InChI=1S/C9H15NO4/c1-6(7(10)11)8(12)13-4-3-9(2)5-14-9/h8,12H,1,3-5H2,2H3,(H2,10,11). The van der Waals surface area contributed by atoms with Crippen molar-refractivity contribution in [2.45, 2.75) is 25.2 Å². The lowest BCUT2D eigenvalue weighted by Gasteiger charge is -2.13. The third-order valence-electron chi connectivity index (χ3n) is 2.16. The highest BCUT2D eigenvalue weighted by Gasteiger charge is 2.38. The number of amides is 1. The highest BCUT2D eigenvalue weighted by Crippen LogP contribution is 2.29. The second-order valence-corrected chi connectivity index (χ2v) is 3.60. The molecule has 0 aromatic carbocycles. The minimum atomic E-state index is -1.31. The molecule has 0 radical (unpaired) electrons. The predicted molar refractivity (Wildman–Crippen MR) is 49.3 cm³/mol. The molecule has 1 fully saturated rings. The molecule has 0 aliphatic carbocycles. The number of aliphatic hydroxyl groups excluding tert-OH is 1. The Morgan fingerprint density at radius 2 is 2.43 bits per heavy atom. The van der Waals surface area contributed by atoms with Crippen molar-refractivity contribution >= 4 is 5.91 Å². The average Bonchev–Trinajstić information content (AvgIpc) is 2.82. The molecule has 1 aliphatic heterocycles. The summed E-state index contributed by atoms with van der Waals surface area (Å²) >= 11 is 0. The fourth-order valence-electron chi connectivity index (χ4n) is 0.876. The van der Waals surface area contributed by atoms with Crippen LogP contribution in [-0.2, 0) is 14.3 Å². The minimum Gasteiger partial charge on any atom is -0.370 e. The number of ether oxygens (including phenoxy) is 2. The van der Waals surface area contributed by atoms with Gasteiger partial charge in [0.15, 0.2) is 6.29 Å². The molecule has 3 N–H and O–H groups in total. The molecule has 0 aromatic rings. The van der Waals surface area contributed by atoms with Crippen molar-refractivity contribution in [3.63, 3.8) is 0 Å². The van der Waals surface area contributed by atoms with Gasteiger partial charge in [-0.1, -0.05) is 6.58 Å². The Bertz CT molecular complexity index is 247. The quantitative estimate of drug-likeness (QED) is 0.346. The molecule has 80 valence electrons. The number of carbonyl (C=O) groups is 1. The van der Waals surface area contributed by atoms with Gasteiger partial charge in [-0.25, -0.2) is 0 Å². The first-order chi connectivity index (χ1) is 6.44. The lowest BCUT2D eigenvalue weighted by Crippen LogP contribution is -2.26. The summed E-state index contributed by atoms with van der Waals surface area (Å²) in [7, 11) is 0. The van der Waals surface area contributed by atoms with Gasteiger partial charge in [-0.2, -0.15) is 0 Å². The summed E-state index contributed by atoms with van der Waals surface area (Å²) in [5.41, 5.74) is 4.65. The van der Waals surface area contributed by atoms with Crippen molar-refractivity contribution in [3.05, 3.63) is 12.2 Å². The first-order valence-electron chi connectivity index (χ1n) is 4.37. The molecule has 0 spiro atoms. The van der Waals surface area contributed by atoms with E-state index in [4.69, 9.17) is 15.2 Å². The van der Waals surface area contributed by atoms with E-state index in [9.17, 15) is 9.90 Å². The van der Waals surface area contributed by atoms with Crippen LogP contribution in [0.2, 0.25) is 0 Å². The van der Waals surface area contributed by atoms with Gasteiger partial charge in [0.25, 0.3) is 0 Å². The van der Waals surface area contributed by atoms with Gasteiger partial charge in [0.05, 0.1) is 24.4 Å².